The van der Waals surface area contributed by atoms with E-state index in [1.807, 2.05) is 19.1 Å². The average Bonchev–Trinajstić information content (AvgIpc) is 3.27. The summed E-state index contributed by atoms with van der Waals surface area (Å²) in [6.45, 7) is 1.96. The second-order valence-corrected chi connectivity index (χ2v) is 6.31. The van der Waals surface area contributed by atoms with Crippen molar-refractivity contribution in [1.82, 2.24) is 9.78 Å². The number of aromatic nitrogens is 2. The van der Waals surface area contributed by atoms with Crippen LogP contribution in [0.3, 0.4) is 0 Å². The van der Waals surface area contributed by atoms with Gasteiger partial charge in [0.25, 0.3) is 5.95 Å². The van der Waals surface area contributed by atoms with Crippen LogP contribution < -0.4 is 15.8 Å². The van der Waals surface area contributed by atoms with Crippen LogP contribution in [0.1, 0.15) is 5.56 Å². The minimum atomic E-state index is -1.47. The molecule has 146 valence electrons. The fourth-order valence-corrected chi connectivity index (χ4v) is 2.88. The molecule has 0 atom stereocenters. The fraction of sp³-hybridized carbons (Fsp3) is 0.0500. The number of carbonyl (C=O) groups excluding carboxylic acids is 1. The molecule has 0 saturated heterocycles. The molecular formula is C20H16N4O5. The Hall–Kier alpha value is -4.27. The number of nitrogens with zero attached hydrogens (tertiary/aromatic N) is 2. The Morgan fingerprint density at radius 3 is 2.62 bits per heavy atom. The minimum Gasteiger partial charge on any atom is -0.449 e. The molecule has 2 aromatic heterocycles. The van der Waals surface area contributed by atoms with Crippen LogP contribution in [0.2, 0.25) is 0 Å². The predicted octanol–water partition coefficient (Wildman–Crippen LogP) is 4.32. The number of nitrogens with one attached hydrogen (secondary N) is 1. The zero-order valence-electron chi connectivity index (χ0n) is 15.2. The first-order valence-corrected chi connectivity index (χ1v) is 8.58. The standard InChI is InChI=1S/C20H16N4O5/c1-11-2-5-13(6-3-11)22-19(25)24-15-7-4-12(10-14(15)18(21)23-24)16-8-9-17(28-16)29-20(26)27/h2-10H,1H3,(H2,21,23)(H,22,25)(H,26,27). The maximum atomic E-state index is 12.6. The lowest BCUT2D eigenvalue weighted by Gasteiger charge is -2.06. The molecule has 4 rings (SSSR count). The van der Waals surface area contributed by atoms with Gasteiger partial charge in [-0.3, -0.25) is 0 Å². The van der Waals surface area contributed by atoms with E-state index >= 15 is 0 Å². The number of nitrogens with two attached hydrogens (primary N) is 1. The van der Waals surface area contributed by atoms with E-state index < -0.39 is 12.2 Å². The van der Waals surface area contributed by atoms with Crippen LogP contribution in [-0.2, 0) is 0 Å². The molecule has 2 heterocycles. The number of aryl methyl sites for hydroxylation is 1. The van der Waals surface area contributed by atoms with Crippen molar-refractivity contribution in [2.45, 2.75) is 6.92 Å². The molecule has 1 amide bonds. The highest BCUT2D eigenvalue weighted by Gasteiger charge is 2.16. The van der Waals surface area contributed by atoms with Crippen molar-refractivity contribution in [3.05, 3.63) is 60.2 Å². The third-order valence-corrected chi connectivity index (χ3v) is 4.26. The van der Waals surface area contributed by atoms with Crippen LogP contribution in [-0.4, -0.2) is 27.1 Å². The Kier molecular flexibility index (Phi) is 4.40. The second-order valence-electron chi connectivity index (χ2n) is 6.31. The summed E-state index contributed by atoms with van der Waals surface area (Å²) in [6.07, 6.45) is -1.47. The molecule has 9 nitrogen and oxygen atoms in total. The lowest BCUT2D eigenvalue weighted by Crippen LogP contribution is -2.20. The molecular weight excluding hydrogens is 376 g/mol. The Bertz CT molecular complexity index is 1220. The second kappa shape index (κ2) is 7.04. The number of nitrogen functional groups attached to an aromatic ring is 1. The predicted molar refractivity (Wildman–Crippen MR) is 106 cm³/mol. The van der Waals surface area contributed by atoms with Gasteiger partial charge in [0, 0.05) is 22.7 Å². The number of hydrogen-bond acceptors (Lipinski definition) is 6. The van der Waals surface area contributed by atoms with E-state index in [0.29, 0.717) is 27.9 Å². The van der Waals surface area contributed by atoms with Crippen LogP contribution in [0.25, 0.3) is 22.2 Å². The summed E-state index contributed by atoms with van der Waals surface area (Å²) in [5.41, 5.74) is 8.87. The van der Waals surface area contributed by atoms with Crippen molar-refractivity contribution in [3.63, 3.8) is 0 Å². The lowest BCUT2D eigenvalue weighted by atomic mass is 10.1. The summed E-state index contributed by atoms with van der Waals surface area (Å²) in [5.74, 6) is 0.419. The Labute approximate surface area is 164 Å². The van der Waals surface area contributed by atoms with E-state index in [2.05, 4.69) is 15.2 Å². The molecule has 0 bridgehead atoms. The molecule has 0 spiro atoms. The largest absolute Gasteiger partial charge is 0.513 e. The number of hydrogen-bond donors (Lipinski definition) is 3. The molecule has 0 unspecified atom stereocenters. The molecule has 0 aliphatic rings. The van der Waals surface area contributed by atoms with Gasteiger partial charge < -0.3 is 25.3 Å². The molecule has 0 aliphatic carbocycles. The van der Waals surface area contributed by atoms with Crippen molar-refractivity contribution in [2.75, 3.05) is 11.1 Å². The smallest absolute Gasteiger partial charge is 0.449 e. The van der Waals surface area contributed by atoms with Crippen LogP contribution in [0.5, 0.6) is 5.95 Å². The molecule has 4 aromatic rings. The first-order chi connectivity index (χ1) is 13.9. The van der Waals surface area contributed by atoms with E-state index in [9.17, 15) is 9.59 Å². The van der Waals surface area contributed by atoms with Gasteiger partial charge >= 0.3 is 12.2 Å². The first kappa shape index (κ1) is 18.1. The topological polar surface area (TPSA) is 133 Å². The summed E-state index contributed by atoms with van der Waals surface area (Å²) in [4.78, 5) is 23.2. The van der Waals surface area contributed by atoms with Gasteiger partial charge in [-0.05, 0) is 43.3 Å². The van der Waals surface area contributed by atoms with Gasteiger partial charge in [0.1, 0.15) is 5.76 Å². The highest BCUT2D eigenvalue weighted by molar-refractivity contribution is 6.01. The number of fused-ring (bicyclic) bond motifs is 1. The SMILES string of the molecule is Cc1ccc(NC(=O)n2nc(N)c3cc(-c4ccc(OC(=O)O)o4)ccc32)cc1. The van der Waals surface area contributed by atoms with Crippen molar-refractivity contribution in [2.24, 2.45) is 0 Å². The number of furan rings is 1. The fourth-order valence-electron chi connectivity index (χ4n) is 2.88. The molecule has 9 heteroatoms. The van der Waals surface area contributed by atoms with Gasteiger partial charge in [0.05, 0.1) is 5.52 Å². The van der Waals surface area contributed by atoms with Gasteiger partial charge in [-0.25, -0.2) is 9.59 Å². The van der Waals surface area contributed by atoms with Crippen LogP contribution >= 0.6 is 0 Å². The Balaban J connectivity index is 1.64. The number of rotatable bonds is 3. The quantitative estimate of drug-likeness (QED) is 0.442. The lowest BCUT2D eigenvalue weighted by molar-refractivity contribution is 0.133. The molecule has 0 fully saturated rings. The summed E-state index contributed by atoms with van der Waals surface area (Å²) in [5, 5.41) is 16.1. The minimum absolute atomic E-state index is 0.145. The molecule has 29 heavy (non-hydrogen) atoms. The van der Waals surface area contributed by atoms with Crippen LogP contribution in [0.4, 0.5) is 21.1 Å². The van der Waals surface area contributed by atoms with Crippen molar-refractivity contribution in [1.29, 1.82) is 0 Å². The monoisotopic (exact) mass is 392 g/mol. The summed E-state index contributed by atoms with van der Waals surface area (Å²) >= 11 is 0. The van der Waals surface area contributed by atoms with Gasteiger partial charge in [-0.1, -0.05) is 17.7 Å². The van der Waals surface area contributed by atoms with Gasteiger partial charge in [0.15, 0.2) is 5.82 Å². The van der Waals surface area contributed by atoms with Gasteiger partial charge in [0.2, 0.25) is 0 Å². The number of anilines is 2. The molecule has 0 radical (unpaired) electrons. The van der Waals surface area contributed by atoms with Gasteiger partial charge in [-0.15, -0.1) is 5.10 Å². The molecule has 4 N–H and O–H groups in total. The number of amides is 1. The summed E-state index contributed by atoms with van der Waals surface area (Å²) in [6, 6.07) is 15.0. The third-order valence-electron chi connectivity index (χ3n) is 4.26. The van der Waals surface area contributed by atoms with Crippen LogP contribution in [0, 0.1) is 6.92 Å². The molecule has 0 aliphatic heterocycles. The zero-order chi connectivity index (χ0) is 20.5. The number of carboxylic acid groups (broad SMARTS) is 1. The van der Waals surface area contributed by atoms with Crippen molar-refractivity contribution < 1.29 is 23.8 Å². The number of benzene rings is 2. The average molecular weight is 392 g/mol. The Morgan fingerprint density at radius 2 is 1.90 bits per heavy atom. The zero-order valence-corrected chi connectivity index (χ0v) is 15.2. The van der Waals surface area contributed by atoms with E-state index in [0.717, 1.165) is 5.56 Å². The van der Waals surface area contributed by atoms with E-state index in [-0.39, 0.29) is 11.8 Å². The van der Waals surface area contributed by atoms with Gasteiger partial charge in [-0.2, -0.15) is 4.68 Å². The maximum Gasteiger partial charge on any atom is 0.513 e. The normalized spacial score (nSPS) is 10.8. The maximum absolute atomic E-state index is 12.6. The number of carbonyl (C=O) groups is 2. The summed E-state index contributed by atoms with van der Waals surface area (Å²) in [7, 11) is 0. The van der Waals surface area contributed by atoms with E-state index in [1.165, 1.54) is 10.7 Å². The van der Waals surface area contributed by atoms with E-state index in [1.54, 1.807) is 36.4 Å². The van der Waals surface area contributed by atoms with Crippen molar-refractivity contribution >= 4 is 34.6 Å². The number of ether oxygens (including phenoxy) is 1. The summed E-state index contributed by atoms with van der Waals surface area (Å²) < 4.78 is 11.0. The van der Waals surface area contributed by atoms with Crippen molar-refractivity contribution in [3.8, 4) is 17.3 Å². The highest BCUT2D eigenvalue weighted by atomic mass is 16.7. The third kappa shape index (κ3) is 3.61. The molecule has 0 saturated carbocycles. The molecule has 2 aromatic carbocycles. The van der Waals surface area contributed by atoms with Crippen LogP contribution in [0.15, 0.2) is 59.0 Å². The Morgan fingerprint density at radius 1 is 1.14 bits per heavy atom. The highest BCUT2D eigenvalue weighted by Crippen LogP contribution is 2.31. The van der Waals surface area contributed by atoms with E-state index in [4.69, 9.17) is 15.3 Å². The first-order valence-electron chi connectivity index (χ1n) is 8.58.